The third kappa shape index (κ3) is 4.07. The van der Waals surface area contributed by atoms with E-state index < -0.39 is 11.9 Å². The number of phenolic OH excluding ortho intramolecular Hbond substituents is 1. The Balaban J connectivity index is 2.25. The molecular formula is C15H13I2NO3. The molecule has 0 unspecified atom stereocenters. The quantitative estimate of drug-likeness (QED) is 0.556. The van der Waals surface area contributed by atoms with Crippen molar-refractivity contribution in [2.24, 2.45) is 0 Å². The monoisotopic (exact) mass is 509 g/mol. The molecule has 110 valence electrons. The second-order valence-corrected chi connectivity index (χ2v) is 6.81. The molecule has 0 heterocycles. The number of benzene rings is 2. The highest BCUT2D eigenvalue weighted by molar-refractivity contribution is 14.1. The highest BCUT2D eigenvalue weighted by atomic mass is 127. The number of aromatic hydroxyl groups is 1. The van der Waals surface area contributed by atoms with Gasteiger partial charge in [0.2, 0.25) is 0 Å². The van der Waals surface area contributed by atoms with Crippen molar-refractivity contribution in [1.29, 1.82) is 0 Å². The third-order valence-corrected chi connectivity index (χ3v) is 4.41. The van der Waals surface area contributed by atoms with Crippen LogP contribution in [0.15, 0.2) is 42.5 Å². The lowest BCUT2D eigenvalue weighted by Crippen LogP contribution is -2.31. The first-order valence-electron chi connectivity index (χ1n) is 6.17. The van der Waals surface area contributed by atoms with E-state index in [0.29, 0.717) is 3.57 Å². The summed E-state index contributed by atoms with van der Waals surface area (Å²) in [6.07, 6.45) is 0. The van der Waals surface area contributed by atoms with Gasteiger partial charge in [-0.15, -0.1) is 0 Å². The topological polar surface area (TPSA) is 69.6 Å². The fraction of sp³-hybridized carbons (Fsp3) is 0.133. The van der Waals surface area contributed by atoms with E-state index in [4.69, 9.17) is 0 Å². The Bertz CT molecular complexity index is 647. The second-order valence-electron chi connectivity index (χ2n) is 4.40. The summed E-state index contributed by atoms with van der Waals surface area (Å²) in [7, 11) is 0. The van der Waals surface area contributed by atoms with Crippen LogP contribution in [-0.2, 0) is 0 Å². The number of carbonyl (C=O) groups excluding carboxylic acids is 1. The van der Waals surface area contributed by atoms with Crippen molar-refractivity contribution in [2.45, 2.75) is 6.04 Å². The van der Waals surface area contributed by atoms with Gasteiger partial charge in [-0.3, -0.25) is 4.79 Å². The molecule has 1 amide bonds. The zero-order valence-electron chi connectivity index (χ0n) is 10.9. The van der Waals surface area contributed by atoms with Crippen LogP contribution in [0.3, 0.4) is 0 Å². The van der Waals surface area contributed by atoms with Crippen LogP contribution < -0.4 is 5.32 Å². The summed E-state index contributed by atoms with van der Waals surface area (Å²) in [6, 6.07) is 12.1. The number of hydrogen-bond donors (Lipinski definition) is 3. The molecule has 2 rings (SSSR count). The molecular weight excluding hydrogens is 496 g/mol. The van der Waals surface area contributed by atoms with Crippen LogP contribution in [0.1, 0.15) is 22.0 Å². The van der Waals surface area contributed by atoms with E-state index >= 15 is 0 Å². The molecule has 0 spiro atoms. The van der Waals surface area contributed by atoms with Gasteiger partial charge in [-0.1, -0.05) is 30.3 Å². The van der Waals surface area contributed by atoms with Crippen molar-refractivity contribution < 1.29 is 15.0 Å². The molecule has 0 aliphatic heterocycles. The molecule has 2 aromatic rings. The van der Waals surface area contributed by atoms with E-state index in [1.807, 2.05) is 52.9 Å². The molecule has 0 saturated heterocycles. The maximum atomic E-state index is 12.3. The fourth-order valence-electron chi connectivity index (χ4n) is 1.89. The summed E-state index contributed by atoms with van der Waals surface area (Å²) < 4.78 is 1.48. The Kier molecular flexibility index (Phi) is 5.82. The summed E-state index contributed by atoms with van der Waals surface area (Å²) >= 11 is 4.07. The highest BCUT2D eigenvalue weighted by Crippen LogP contribution is 2.27. The molecule has 2 aromatic carbocycles. The first-order chi connectivity index (χ1) is 10.0. The number of amides is 1. The van der Waals surface area contributed by atoms with Crippen molar-refractivity contribution in [3.63, 3.8) is 0 Å². The lowest BCUT2D eigenvalue weighted by molar-refractivity contribution is 0.0913. The van der Waals surface area contributed by atoms with Crippen LogP contribution in [0.25, 0.3) is 0 Å². The number of rotatable bonds is 4. The normalized spacial score (nSPS) is 12.0. The number of aliphatic hydroxyl groups is 1. The Morgan fingerprint density at radius 1 is 1.19 bits per heavy atom. The number of halogens is 2. The molecule has 0 aromatic heterocycles. The summed E-state index contributed by atoms with van der Waals surface area (Å²) in [5.41, 5.74) is 1.02. The molecule has 1 atom stereocenters. The van der Waals surface area contributed by atoms with Gasteiger partial charge in [-0.2, -0.15) is 0 Å². The SMILES string of the molecule is O=C(N[C@@H](CO)c1ccccc1)c1cc(I)cc(I)c1O. The van der Waals surface area contributed by atoms with Crippen molar-refractivity contribution in [3.05, 3.63) is 60.7 Å². The maximum Gasteiger partial charge on any atom is 0.255 e. The van der Waals surface area contributed by atoms with Gasteiger partial charge in [0.15, 0.2) is 0 Å². The van der Waals surface area contributed by atoms with Gasteiger partial charge in [0.05, 0.1) is 21.8 Å². The number of aliphatic hydroxyl groups excluding tert-OH is 1. The maximum absolute atomic E-state index is 12.3. The van der Waals surface area contributed by atoms with Crippen LogP contribution in [0.5, 0.6) is 5.75 Å². The third-order valence-electron chi connectivity index (χ3n) is 2.96. The molecule has 0 aliphatic rings. The Hall–Kier alpha value is -0.870. The molecule has 4 nitrogen and oxygen atoms in total. The van der Waals surface area contributed by atoms with Gasteiger partial charge in [0.1, 0.15) is 5.75 Å². The van der Waals surface area contributed by atoms with Crippen molar-refractivity contribution in [2.75, 3.05) is 6.61 Å². The van der Waals surface area contributed by atoms with Crippen molar-refractivity contribution >= 4 is 51.1 Å². The first-order valence-corrected chi connectivity index (χ1v) is 8.33. The molecule has 21 heavy (non-hydrogen) atoms. The number of phenols is 1. The van der Waals surface area contributed by atoms with E-state index in [1.165, 1.54) is 0 Å². The van der Waals surface area contributed by atoms with E-state index in [2.05, 4.69) is 27.9 Å². The van der Waals surface area contributed by atoms with Crippen LogP contribution in [-0.4, -0.2) is 22.7 Å². The van der Waals surface area contributed by atoms with E-state index in [1.54, 1.807) is 12.1 Å². The molecule has 6 heteroatoms. The number of carbonyl (C=O) groups is 1. The first kappa shape index (κ1) is 16.5. The molecule has 0 radical (unpaired) electrons. The zero-order valence-corrected chi connectivity index (χ0v) is 15.2. The smallest absolute Gasteiger partial charge is 0.255 e. The van der Waals surface area contributed by atoms with Gasteiger partial charge >= 0.3 is 0 Å². The summed E-state index contributed by atoms with van der Waals surface area (Å²) in [4.78, 5) is 12.3. The predicted octanol–water partition coefficient (Wildman–Crippen LogP) is 3.06. The van der Waals surface area contributed by atoms with Crippen molar-refractivity contribution in [3.8, 4) is 5.75 Å². The Morgan fingerprint density at radius 2 is 1.86 bits per heavy atom. The lowest BCUT2D eigenvalue weighted by Gasteiger charge is -2.17. The molecule has 0 saturated carbocycles. The summed E-state index contributed by atoms with van der Waals surface area (Å²) in [6.45, 7) is -0.211. The minimum atomic E-state index is -0.506. The lowest BCUT2D eigenvalue weighted by atomic mass is 10.1. The van der Waals surface area contributed by atoms with E-state index in [0.717, 1.165) is 9.13 Å². The Labute approximate surface area is 149 Å². The number of hydrogen-bond acceptors (Lipinski definition) is 3. The minimum Gasteiger partial charge on any atom is -0.506 e. The van der Waals surface area contributed by atoms with Gasteiger partial charge in [-0.05, 0) is 62.9 Å². The van der Waals surface area contributed by atoms with Gasteiger partial charge in [-0.25, -0.2) is 0 Å². The van der Waals surface area contributed by atoms with Crippen LogP contribution >= 0.6 is 45.2 Å². The summed E-state index contributed by atoms with van der Waals surface area (Å²) in [5.74, 6) is -0.454. The zero-order chi connectivity index (χ0) is 15.4. The number of nitrogens with one attached hydrogen (secondary N) is 1. The minimum absolute atomic E-state index is 0.0433. The summed E-state index contributed by atoms with van der Waals surface area (Å²) in [5, 5.41) is 22.2. The van der Waals surface area contributed by atoms with Crippen LogP contribution in [0.2, 0.25) is 0 Å². The van der Waals surface area contributed by atoms with Gasteiger partial charge in [0.25, 0.3) is 5.91 Å². The molecule has 0 bridgehead atoms. The average molecular weight is 509 g/mol. The van der Waals surface area contributed by atoms with E-state index in [-0.39, 0.29) is 17.9 Å². The predicted molar refractivity (Wildman–Crippen MR) is 97.3 cm³/mol. The van der Waals surface area contributed by atoms with Crippen LogP contribution in [0, 0.1) is 7.14 Å². The molecule has 0 fully saturated rings. The second kappa shape index (κ2) is 7.41. The van der Waals surface area contributed by atoms with Crippen LogP contribution in [0.4, 0.5) is 0 Å². The van der Waals surface area contributed by atoms with Crippen molar-refractivity contribution in [1.82, 2.24) is 5.32 Å². The standard InChI is InChI=1S/C15H13I2NO3/c16-10-6-11(14(20)12(17)7-10)15(21)18-13(8-19)9-4-2-1-3-5-9/h1-7,13,19-20H,8H2,(H,18,21)/t13-/m0/s1. The van der Waals surface area contributed by atoms with Gasteiger partial charge in [0, 0.05) is 3.57 Å². The Morgan fingerprint density at radius 3 is 2.48 bits per heavy atom. The molecule has 3 N–H and O–H groups in total. The van der Waals surface area contributed by atoms with Gasteiger partial charge < -0.3 is 15.5 Å². The fourth-order valence-corrected chi connectivity index (χ4v) is 3.74. The average Bonchev–Trinajstić information content (AvgIpc) is 2.49. The highest BCUT2D eigenvalue weighted by Gasteiger charge is 2.19. The largest absolute Gasteiger partial charge is 0.506 e. The molecule has 0 aliphatic carbocycles. The van der Waals surface area contributed by atoms with E-state index in [9.17, 15) is 15.0 Å².